The van der Waals surface area contributed by atoms with E-state index in [1.165, 1.54) is 16.7 Å². The molecular formula is C17H20BrClN2. The summed E-state index contributed by atoms with van der Waals surface area (Å²) in [6, 6.07) is 14.6. The molecule has 0 aliphatic rings. The second-order valence-corrected chi connectivity index (χ2v) is 6.62. The lowest BCUT2D eigenvalue weighted by Crippen LogP contribution is -2.17. The first-order valence-electron chi connectivity index (χ1n) is 6.92. The first-order chi connectivity index (χ1) is 10.1. The SMILES string of the molecule is CN(C)Cc1ccccc1CNCc1ccc(Cl)c(Br)c1. The normalized spacial score (nSPS) is 11.1. The number of hydrogen-bond acceptors (Lipinski definition) is 2. The molecule has 0 radical (unpaired) electrons. The minimum absolute atomic E-state index is 0.745. The molecule has 0 heterocycles. The molecule has 0 saturated heterocycles. The van der Waals surface area contributed by atoms with Gasteiger partial charge in [0, 0.05) is 24.1 Å². The molecule has 112 valence electrons. The predicted molar refractivity (Wildman–Crippen MR) is 93.5 cm³/mol. The van der Waals surface area contributed by atoms with Crippen LogP contribution in [0.25, 0.3) is 0 Å². The summed E-state index contributed by atoms with van der Waals surface area (Å²) in [7, 11) is 4.19. The van der Waals surface area contributed by atoms with Crippen molar-refractivity contribution in [1.29, 1.82) is 0 Å². The van der Waals surface area contributed by atoms with Crippen molar-refractivity contribution in [2.24, 2.45) is 0 Å². The van der Waals surface area contributed by atoms with Gasteiger partial charge in [0.25, 0.3) is 0 Å². The molecule has 4 heteroatoms. The van der Waals surface area contributed by atoms with Crippen LogP contribution in [-0.2, 0) is 19.6 Å². The molecule has 0 saturated carbocycles. The quantitative estimate of drug-likeness (QED) is 0.811. The molecule has 2 aromatic carbocycles. The lowest BCUT2D eigenvalue weighted by Gasteiger charge is -2.14. The topological polar surface area (TPSA) is 15.3 Å². The van der Waals surface area contributed by atoms with Gasteiger partial charge in [0.1, 0.15) is 0 Å². The van der Waals surface area contributed by atoms with E-state index in [9.17, 15) is 0 Å². The van der Waals surface area contributed by atoms with Gasteiger partial charge >= 0.3 is 0 Å². The Bertz CT molecular complexity index is 599. The van der Waals surface area contributed by atoms with Gasteiger partial charge in [-0.2, -0.15) is 0 Å². The molecule has 0 spiro atoms. The van der Waals surface area contributed by atoms with E-state index in [4.69, 9.17) is 11.6 Å². The second kappa shape index (κ2) is 7.95. The fraction of sp³-hybridized carbons (Fsp3) is 0.294. The zero-order chi connectivity index (χ0) is 15.2. The summed E-state index contributed by atoms with van der Waals surface area (Å²) in [5, 5.41) is 4.24. The maximum Gasteiger partial charge on any atom is 0.0548 e. The largest absolute Gasteiger partial charge is 0.309 e. The van der Waals surface area contributed by atoms with Crippen molar-refractivity contribution in [2.75, 3.05) is 14.1 Å². The molecule has 2 nitrogen and oxygen atoms in total. The summed E-state index contributed by atoms with van der Waals surface area (Å²) in [6.45, 7) is 2.65. The molecule has 0 aromatic heterocycles. The van der Waals surface area contributed by atoms with Crippen molar-refractivity contribution in [2.45, 2.75) is 19.6 Å². The number of halogens is 2. The summed E-state index contributed by atoms with van der Waals surface area (Å²) < 4.78 is 0.941. The van der Waals surface area contributed by atoms with Crippen LogP contribution in [-0.4, -0.2) is 19.0 Å². The lowest BCUT2D eigenvalue weighted by molar-refractivity contribution is 0.400. The van der Waals surface area contributed by atoms with Crippen LogP contribution >= 0.6 is 27.5 Å². The number of rotatable bonds is 6. The van der Waals surface area contributed by atoms with Crippen LogP contribution in [0.15, 0.2) is 46.9 Å². The maximum absolute atomic E-state index is 6.01. The van der Waals surface area contributed by atoms with Crippen molar-refractivity contribution >= 4 is 27.5 Å². The number of nitrogens with zero attached hydrogens (tertiary/aromatic N) is 1. The van der Waals surface area contributed by atoms with Crippen molar-refractivity contribution < 1.29 is 0 Å². The number of hydrogen-bond donors (Lipinski definition) is 1. The Morgan fingerprint density at radius 2 is 1.76 bits per heavy atom. The van der Waals surface area contributed by atoms with Crippen molar-refractivity contribution in [3.8, 4) is 0 Å². The highest BCUT2D eigenvalue weighted by molar-refractivity contribution is 9.10. The summed E-state index contributed by atoms with van der Waals surface area (Å²) >= 11 is 9.46. The van der Waals surface area contributed by atoms with Crippen molar-refractivity contribution in [3.05, 3.63) is 68.7 Å². The van der Waals surface area contributed by atoms with E-state index >= 15 is 0 Å². The molecule has 0 aliphatic carbocycles. The van der Waals surface area contributed by atoms with Crippen LogP contribution in [0.5, 0.6) is 0 Å². The average molecular weight is 368 g/mol. The molecule has 0 aliphatic heterocycles. The lowest BCUT2D eigenvalue weighted by atomic mass is 10.1. The summed E-state index contributed by atoms with van der Waals surface area (Å²) in [6.07, 6.45) is 0. The minimum Gasteiger partial charge on any atom is -0.309 e. The third-order valence-corrected chi connectivity index (χ3v) is 4.45. The molecule has 0 bridgehead atoms. The zero-order valence-corrected chi connectivity index (χ0v) is 14.7. The van der Waals surface area contributed by atoms with Gasteiger partial charge in [-0.3, -0.25) is 0 Å². The highest BCUT2D eigenvalue weighted by Gasteiger charge is 2.03. The van der Waals surface area contributed by atoms with Crippen molar-refractivity contribution in [3.63, 3.8) is 0 Å². The Labute approximate surface area is 140 Å². The number of nitrogens with one attached hydrogen (secondary N) is 1. The highest BCUT2D eigenvalue weighted by Crippen LogP contribution is 2.23. The standard InChI is InChI=1S/C17H20BrClN2/c1-21(2)12-15-6-4-3-5-14(15)11-20-10-13-7-8-17(19)16(18)9-13/h3-9,20H,10-12H2,1-2H3. The van der Waals surface area contributed by atoms with Crippen LogP contribution in [0.2, 0.25) is 5.02 Å². The Kier molecular flexibility index (Phi) is 6.24. The average Bonchev–Trinajstić information content (AvgIpc) is 2.44. The Hall–Kier alpha value is -0.870. The Morgan fingerprint density at radius 3 is 2.43 bits per heavy atom. The summed E-state index contributed by atoms with van der Waals surface area (Å²) in [4.78, 5) is 2.19. The van der Waals surface area contributed by atoms with E-state index in [0.717, 1.165) is 29.1 Å². The Balaban J connectivity index is 1.95. The van der Waals surface area contributed by atoms with Gasteiger partial charge in [-0.1, -0.05) is 41.9 Å². The van der Waals surface area contributed by atoms with Gasteiger partial charge in [0.15, 0.2) is 0 Å². The highest BCUT2D eigenvalue weighted by atomic mass is 79.9. The first kappa shape index (κ1) is 16.5. The van der Waals surface area contributed by atoms with Crippen LogP contribution in [0.1, 0.15) is 16.7 Å². The van der Waals surface area contributed by atoms with Crippen LogP contribution in [0.4, 0.5) is 0 Å². The third-order valence-electron chi connectivity index (χ3n) is 3.23. The summed E-state index contributed by atoms with van der Waals surface area (Å²) in [5.74, 6) is 0. The van der Waals surface area contributed by atoms with E-state index in [0.29, 0.717) is 0 Å². The second-order valence-electron chi connectivity index (χ2n) is 5.36. The molecular weight excluding hydrogens is 348 g/mol. The first-order valence-corrected chi connectivity index (χ1v) is 8.09. The molecule has 2 rings (SSSR count). The van der Waals surface area contributed by atoms with Crippen LogP contribution in [0, 0.1) is 0 Å². The molecule has 21 heavy (non-hydrogen) atoms. The van der Waals surface area contributed by atoms with E-state index in [1.54, 1.807) is 0 Å². The number of benzene rings is 2. The van der Waals surface area contributed by atoms with E-state index in [2.05, 4.69) is 70.6 Å². The van der Waals surface area contributed by atoms with E-state index in [-0.39, 0.29) is 0 Å². The minimum atomic E-state index is 0.745. The molecule has 0 amide bonds. The van der Waals surface area contributed by atoms with Gasteiger partial charge in [-0.05, 0) is 58.8 Å². The zero-order valence-electron chi connectivity index (χ0n) is 12.4. The van der Waals surface area contributed by atoms with Gasteiger partial charge in [-0.15, -0.1) is 0 Å². The van der Waals surface area contributed by atoms with E-state index in [1.807, 2.05) is 12.1 Å². The fourth-order valence-electron chi connectivity index (χ4n) is 2.22. The van der Waals surface area contributed by atoms with Gasteiger partial charge in [0.05, 0.1) is 5.02 Å². The van der Waals surface area contributed by atoms with Gasteiger partial charge in [-0.25, -0.2) is 0 Å². The molecule has 2 aromatic rings. The monoisotopic (exact) mass is 366 g/mol. The maximum atomic E-state index is 6.01. The van der Waals surface area contributed by atoms with Crippen LogP contribution in [0.3, 0.4) is 0 Å². The molecule has 0 unspecified atom stereocenters. The molecule has 0 fully saturated rings. The van der Waals surface area contributed by atoms with Gasteiger partial charge in [0.2, 0.25) is 0 Å². The molecule has 0 atom stereocenters. The third kappa shape index (κ3) is 5.11. The Morgan fingerprint density at radius 1 is 1.05 bits per heavy atom. The fourth-order valence-corrected chi connectivity index (χ4v) is 2.76. The molecule has 1 N–H and O–H groups in total. The summed E-state index contributed by atoms with van der Waals surface area (Å²) in [5.41, 5.74) is 3.93. The van der Waals surface area contributed by atoms with Crippen molar-refractivity contribution in [1.82, 2.24) is 10.2 Å². The van der Waals surface area contributed by atoms with E-state index < -0.39 is 0 Å². The van der Waals surface area contributed by atoms with Gasteiger partial charge < -0.3 is 10.2 Å². The van der Waals surface area contributed by atoms with Crippen LogP contribution < -0.4 is 5.32 Å². The predicted octanol–water partition coefficient (Wildman–Crippen LogP) is 4.45. The smallest absolute Gasteiger partial charge is 0.0548 e.